The van der Waals surface area contributed by atoms with Gasteiger partial charge in [0.25, 0.3) is 5.56 Å². The number of hydrogen-bond donors (Lipinski definition) is 0. The summed E-state index contributed by atoms with van der Waals surface area (Å²) in [4.78, 5) is 19.8. The van der Waals surface area contributed by atoms with E-state index in [0.717, 1.165) is 30.2 Å². The maximum absolute atomic E-state index is 12.1. The molecule has 2 aromatic heterocycles. The highest BCUT2D eigenvalue weighted by Crippen LogP contribution is 2.19. The first kappa shape index (κ1) is 13.7. The SMILES string of the molecule is CCc1nn2c(=O)cc(CN3CCCC[C@H]3C)nc2s1. The second-order valence-corrected chi connectivity index (χ2v) is 6.49. The molecular formula is C14H20N4OS. The van der Waals surface area contributed by atoms with Crippen molar-refractivity contribution >= 4 is 16.3 Å². The molecule has 5 nitrogen and oxygen atoms in total. The predicted molar refractivity (Wildman–Crippen MR) is 80.2 cm³/mol. The van der Waals surface area contributed by atoms with Gasteiger partial charge in [0.15, 0.2) is 0 Å². The molecule has 0 saturated carbocycles. The number of nitrogens with zero attached hydrogens (tertiary/aromatic N) is 4. The Bertz CT molecular complexity index is 663. The quantitative estimate of drug-likeness (QED) is 0.869. The van der Waals surface area contributed by atoms with Gasteiger partial charge >= 0.3 is 0 Å². The summed E-state index contributed by atoms with van der Waals surface area (Å²) in [5.74, 6) is 0. The molecule has 0 bridgehead atoms. The van der Waals surface area contributed by atoms with Crippen LogP contribution >= 0.6 is 11.3 Å². The third-order valence-corrected chi connectivity index (χ3v) is 5.00. The normalized spacial score (nSPS) is 20.6. The lowest BCUT2D eigenvalue weighted by atomic mass is 10.0. The second kappa shape index (κ2) is 5.61. The highest BCUT2D eigenvalue weighted by Gasteiger charge is 2.19. The Hall–Kier alpha value is -1.27. The van der Waals surface area contributed by atoms with Gasteiger partial charge in [-0.3, -0.25) is 9.69 Å². The number of fused-ring (bicyclic) bond motifs is 1. The molecule has 0 aliphatic carbocycles. The molecule has 3 rings (SSSR count). The average molecular weight is 292 g/mol. The van der Waals surface area contributed by atoms with Crippen molar-refractivity contribution in [3.8, 4) is 0 Å². The Morgan fingerprint density at radius 1 is 1.45 bits per heavy atom. The topological polar surface area (TPSA) is 50.5 Å². The second-order valence-electron chi connectivity index (χ2n) is 5.44. The molecule has 1 saturated heterocycles. The van der Waals surface area contributed by atoms with Gasteiger partial charge in [-0.15, -0.1) is 0 Å². The van der Waals surface area contributed by atoms with E-state index in [2.05, 4.69) is 21.9 Å². The number of rotatable bonds is 3. The molecule has 0 spiro atoms. The van der Waals surface area contributed by atoms with Crippen molar-refractivity contribution in [2.24, 2.45) is 0 Å². The van der Waals surface area contributed by atoms with Gasteiger partial charge in [-0.25, -0.2) is 4.98 Å². The van der Waals surface area contributed by atoms with Gasteiger partial charge in [0.2, 0.25) is 4.96 Å². The maximum Gasteiger partial charge on any atom is 0.275 e. The molecule has 1 aliphatic rings. The van der Waals surface area contributed by atoms with Crippen LogP contribution in [0.15, 0.2) is 10.9 Å². The van der Waals surface area contributed by atoms with E-state index in [1.165, 1.54) is 35.1 Å². The highest BCUT2D eigenvalue weighted by molar-refractivity contribution is 7.16. The third-order valence-electron chi connectivity index (χ3n) is 3.95. The Labute approximate surface area is 122 Å². The van der Waals surface area contributed by atoms with Crippen LogP contribution in [0.2, 0.25) is 0 Å². The highest BCUT2D eigenvalue weighted by atomic mass is 32.1. The first-order valence-electron chi connectivity index (χ1n) is 7.30. The first-order chi connectivity index (χ1) is 9.67. The van der Waals surface area contributed by atoms with E-state index in [1.807, 2.05) is 6.92 Å². The van der Waals surface area contributed by atoms with Crippen LogP contribution in [0, 0.1) is 0 Å². The predicted octanol–water partition coefficient (Wildman–Crippen LogP) is 2.09. The Kier molecular flexibility index (Phi) is 3.85. The summed E-state index contributed by atoms with van der Waals surface area (Å²) < 4.78 is 1.42. The van der Waals surface area contributed by atoms with Gasteiger partial charge in [0, 0.05) is 18.7 Å². The van der Waals surface area contributed by atoms with E-state index in [9.17, 15) is 4.79 Å². The van der Waals surface area contributed by atoms with Gasteiger partial charge in [0.1, 0.15) is 5.01 Å². The zero-order valence-corrected chi connectivity index (χ0v) is 12.8. The summed E-state index contributed by atoms with van der Waals surface area (Å²) >= 11 is 1.51. The standard InChI is InChI=1S/C14H20N4OS/c1-3-12-16-18-13(19)8-11(15-14(18)20-12)9-17-7-5-4-6-10(17)2/h8,10H,3-7,9H2,1-2H3/t10-/m1/s1. The minimum Gasteiger partial charge on any atom is -0.295 e. The van der Waals surface area contributed by atoms with Crippen molar-refractivity contribution in [2.75, 3.05) is 6.54 Å². The lowest BCUT2D eigenvalue weighted by Crippen LogP contribution is -2.37. The van der Waals surface area contributed by atoms with Gasteiger partial charge in [0.05, 0.1) is 5.69 Å². The lowest BCUT2D eigenvalue weighted by molar-refractivity contribution is 0.151. The smallest absolute Gasteiger partial charge is 0.275 e. The van der Waals surface area contributed by atoms with Crippen molar-refractivity contribution in [2.45, 2.75) is 52.1 Å². The molecule has 0 amide bonds. The third kappa shape index (κ3) is 2.62. The Balaban J connectivity index is 1.90. The number of likely N-dealkylation sites (tertiary alicyclic amines) is 1. The van der Waals surface area contributed by atoms with Crippen LogP contribution in [0.4, 0.5) is 0 Å². The lowest BCUT2D eigenvalue weighted by Gasteiger charge is -2.32. The van der Waals surface area contributed by atoms with E-state index in [-0.39, 0.29) is 5.56 Å². The van der Waals surface area contributed by atoms with Crippen molar-refractivity contribution in [3.63, 3.8) is 0 Å². The summed E-state index contributed by atoms with van der Waals surface area (Å²) in [7, 11) is 0. The number of hydrogen-bond acceptors (Lipinski definition) is 5. The molecule has 1 aliphatic heterocycles. The van der Waals surface area contributed by atoms with Crippen LogP contribution in [-0.2, 0) is 13.0 Å². The minimum atomic E-state index is -0.0642. The maximum atomic E-state index is 12.1. The number of piperidine rings is 1. The van der Waals surface area contributed by atoms with E-state index >= 15 is 0 Å². The molecule has 1 atom stereocenters. The molecular weight excluding hydrogens is 272 g/mol. The molecule has 6 heteroatoms. The van der Waals surface area contributed by atoms with E-state index in [4.69, 9.17) is 0 Å². The summed E-state index contributed by atoms with van der Waals surface area (Å²) in [5, 5.41) is 5.24. The average Bonchev–Trinajstić information content (AvgIpc) is 2.85. The monoisotopic (exact) mass is 292 g/mol. The van der Waals surface area contributed by atoms with Crippen LogP contribution in [0.1, 0.15) is 43.8 Å². The van der Waals surface area contributed by atoms with Crippen LogP contribution in [0.3, 0.4) is 0 Å². The molecule has 3 heterocycles. The molecule has 108 valence electrons. The fourth-order valence-electron chi connectivity index (χ4n) is 2.72. The van der Waals surface area contributed by atoms with Crippen LogP contribution in [-0.4, -0.2) is 32.1 Å². The summed E-state index contributed by atoms with van der Waals surface area (Å²) in [6, 6.07) is 2.21. The summed E-state index contributed by atoms with van der Waals surface area (Å²) in [6.07, 6.45) is 4.63. The van der Waals surface area contributed by atoms with Gasteiger partial charge in [-0.1, -0.05) is 24.7 Å². The largest absolute Gasteiger partial charge is 0.295 e. The molecule has 0 unspecified atom stereocenters. The number of aromatic nitrogens is 3. The molecule has 20 heavy (non-hydrogen) atoms. The van der Waals surface area contributed by atoms with Gasteiger partial charge < -0.3 is 0 Å². The van der Waals surface area contributed by atoms with Crippen molar-refractivity contribution in [3.05, 3.63) is 27.1 Å². The molecule has 2 aromatic rings. The van der Waals surface area contributed by atoms with Gasteiger partial charge in [-0.2, -0.15) is 9.61 Å². The molecule has 0 N–H and O–H groups in total. The Morgan fingerprint density at radius 2 is 2.30 bits per heavy atom. The molecule has 1 fully saturated rings. The van der Waals surface area contributed by atoms with Crippen LogP contribution in [0.5, 0.6) is 0 Å². The minimum absolute atomic E-state index is 0.0642. The summed E-state index contributed by atoms with van der Waals surface area (Å²) in [6.45, 7) is 6.17. The Morgan fingerprint density at radius 3 is 3.05 bits per heavy atom. The van der Waals surface area contributed by atoms with Gasteiger partial charge in [-0.05, 0) is 32.7 Å². The number of aryl methyl sites for hydroxylation is 1. The van der Waals surface area contributed by atoms with Crippen molar-refractivity contribution in [1.82, 2.24) is 19.5 Å². The van der Waals surface area contributed by atoms with Crippen LogP contribution < -0.4 is 5.56 Å². The summed E-state index contributed by atoms with van der Waals surface area (Å²) in [5.41, 5.74) is 0.806. The first-order valence-corrected chi connectivity index (χ1v) is 8.11. The van der Waals surface area contributed by atoms with Crippen molar-refractivity contribution in [1.29, 1.82) is 0 Å². The van der Waals surface area contributed by atoms with Crippen LogP contribution in [0.25, 0.3) is 4.96 Å². The van der Waals surface area contributed by atoms with E-state index in [0.29, 0.717) is 11.0 Å². The fraction of sp³-hybridized carbons (Fsp3) is 0.643. The van der Waals surface area contributed by atoms with E-state index in [1.54, 1.807) is 6.07 Å². The fourth-order valence-corrected chi connectivity index (χ4v) is 3.58. The van der Waals surface area contributed by atoms with E-state index < -0.39 is 0 Å². The molecule has 0 radical (unpaired) electrons. The zero-order valence-electron chi connectivity index (χ0n) is 12.0. The molecule has 0 aromatic carbocycles. The zero-order chi connectivity index (χ0) is 14.1. The van der Waals surface area contributed by atoms with Crippen molar-refractivity contribution < 1.29 is 0 Å².